The maximum Gasteiger partial charge on any atom is 0.148 e. The molecule has 0 amide bonds. The van der Waals surface area contributed by atoms with Gasteiger partial charge in [-0.05, 0) is 63.3 Å². The van der Waals surface area contributed by atoms with Gasteiger partial charge in [0.2, 0.25) is 0 Å². The molecule has 0 fully saturated rings. The van der Waals surface area contributed by atoms with E-state index in [4.69, 9.17) is 9.97 Å². The number of para-hydroxylation sites is 2. The van der Waals surface area contributed by atoms with Crippen molar-refractivity contribution in [1.82, 2.24) is 14.5 Å². The van der Waals surface area contributed by atoms with Crippen molar-refractivity contribution in [2.24, 2.45) is 0 Å². The molecule has 0 aliphatic heterocycles. The molecule has 2 heterocycles. The molecule has 1 atom stereocenters. The molecule has 0 aliphatic rings. The number of fused-ring (bicyclic) bond motifs is 1. The summed E-state index contributed by atoms with van der Waals surface area (Å²) in [4.78, 5) is 10.4. The number of nitrogens with zero attached hydrogens (tertiary/aromatic N) is 3. The van der Waals surface area contributed by atoms with Gasteiger partial charge in [0.1, 0.15) is 11.6 Å². The number of phenolic OH excluding ortho intramolecular Hbond substituents is 1. The molecule has 4 nitrogen and oxygen atoms in total. The second kappa shape index (κ2) is 15.0. The molecule has 0 saturated heterocycles. The third kappa shape index (κ3) is 7.98. The SMILES string of the molecule is CC(c1ccccc1)c1ccnc(-c2[c-]c(-c3cccc4c3nc(-c3cc(C(C)(C)C)cc(C(C)(C)C)c3O)n4-c3ccccc3)cc(C(C)(C)C)c2)c1.[Pt]. The number of phenols is 1. The average molecular weight is 906 g/mol. The summed E-state index contributed by atoms with van der Waals surface area (Å²) in [6, 6.07) is 44.2. The van der Waals surface area contributed by atoms with Crippen LogP contribution < -0.4 is 0 Å². The molecule has 5 aromatic carbocycles. The first-order valence-electron chi connectivity index (χ1n) is 19.1. The minimum Gasteiger partial charge on any atom is -0.507 e. The van der Waals surface area contributed by atoms with Crippen molar-refractivity contribution in [1.29, 1.82) is 0 Å². The van der Waals surface area contributed by atoms with E-state index in [0.29, 0.717) is 5.82 Å². The van der Waals surface area contributed by atoms with Gasteiger partial charge in [-0.1, -0.05) is 153 Å². The minimum absolute atomic E-state index is 0. The van der Waals surface area contributed by atoms with E-state index in [1.807, 2.05) is 24.4 Å². The van der Waals surface area contributed by atoms with E-state index in [1.54, 1.807) is 0 Å². The summed E-state index contributed by atoms with van der Waals surface area (Å²) in [5.41, 5.74) is 12.5. The summed E-state index contributed by atoms with van der Waals surface area (Å²) in [5.74, 6) is 1.19. The van der Waals surface area contributed by atoms with Crippen LogP contribution in [0.25, 0.3) is 50.5 Å². The Kier molecular flexibility index (Phi) is 10.9. The summed E-state index contributed by atoms with van der Waals surface area (Å²) in [6.45, 7) is 22.1. The molecule has 2 aromatic heterocycles. The molecular weight excluding hydrogens is 854 g/mol. The molecule has 0 radical (unpaired) electrons. The van der Waals surface area contributed by atoms with E-state index in [0.717, 1.165) is 55.8 Å². The van der Waals surface area contributed by atoms with Crippen LogP contribution >= 0.6 is 0 Å². The van der Waals surface area contributed by atoms with Gasteiger partial charge in [0.15, 0.2) is 0 Å². The minimum atomic E-state index is -0.280. The van der Waals surface area contributed by atoms with Crippen molar-refractivity contribution in [3.05, 3.63) is 155 Å². The van der Waals surface area contributed by atoms with Crippen molar-refractivity contribution in [3.8, 4) is 45.2 Å². The number of benzene rings is 5. The number of imidazole rings is 1. The average Bonchev–Trinajstić information content (AvgIpc) is 3.53. The summed E-state index contributed by atoms with van der Waals surface area (Å²) in [6.07, 6.45) is 1.92. The summed E-state index contributed by atoms with van der Waals surface area (Å²) in [7, 11) is 0. The molecule has 5 heteroatoms. The molecule has 284 valence electrons. The zero-order valence-corrected chi connectivity index (χ0v) is 36.0. The smallest absolute Gasteiger partial charge is 0.148 e. The van der Waals surface area contributed by atoms with Gasteiger partial charge in [-0.2, -0.15) is 0 Å². The van der Waals surface area contributed by atoms with Crippen LogP contribution in [-0.4, -0.2) is 19.6 Å². The van der Waals surface area contributed by atoms with Crippen LogP contribution in [0.5, 0.6) is 5.75 Å². The van der Waals surface area contributed by atoms with Crippen molar-refractivity contribution >= 4 is 11.0 Å². The monoisotopic (exact) mass is 905 g/mol. The Labute approximate surface area is 342 Å². The van der Waals surface area contributed by atoms with E-state index >= 15 is 0 Å². The van der Waals surface area contributed by atoms with Crippen LogP contribution in [0, 0.1) is 6.07 Å². The van der Waals surface area contributed by atoms with Crippen molar-refractivity contribution in [3.63, 3.8) is 0 Å². The van der Waals surface area contributed by atoms with Gasteiger partial charge in [0.05, 0.1) is 16.6 Å². The molecule has 1 N–H and O–H groups in total. The molecule has 7 rings (SSSR count). The number of rotatable bonds is 6. The number of aromatic nitrogens is 3. The predicted octanol–water partition coefficient (Wildman–Crippen LogP) is 13.0. The van der Waals surface area contributed by atoms with E-state index in [2.05, 4.69) is 177 Å². The molecule has 1 unspecified atom stereocenters. The van der Waals surface area contributed by atoms with Crippen molar-refractivity contribution in [2.45, 2.75) is 91.4 Å². The molecule has 0 aliphatic carbocycles. The number of hydrogen-bond acceptors (Lipinski definition) is 3. The van der Waals surface area contributed by atoms with Gasteiger partial charge in [-0.15, -0.1) is 29.3 Å². The zero-order chi connectivity index (χ0) is 38.6. The van der Waals surface area contributed by atoms with Crippen LogP contribution in [0.2, 0.25) is 0 Å². The number of hydrogen-bond donors (Lipinski definition) is 1. The van der Waals surface area contributed by atoms with Crippen LogP contribution in [0.15, 0.2) is 121 Å². The third-order valence-corrected chi connectivity index (χ3v) is 10.6. The Hall–Kier alpha value is -4.79. The van der Waals surface area contributed by atoms with Crippen LogP contribution in [0.3, 0.4) is 0 Å². The van der Waals surface area contributed by atoms with Crippen LogP contribution in [0.1, 0.15) is 103 Å². The standard InChI is InChI=1S/C50H52N3O.Pt/c1-32(33-18-13-11-14-19-33)34-24-25-51-43(29-34)36-26-35(27-37(28-36)48(2,3)4)40-22-17-23-44-45(40)52-47(53(44)39-20-15-12-16-21-39)41-30-38(49(5,6)7)31-42(46(41)54)50(8,9)10;/h11-25,27-32,54H,1-10H3;/q-1;. The second-order valence-electron chi connectivity index (χ2n) is 17.8. The van der Waals surface area contributed by atoms with Crippen LogP contribution in [0.4, 0.5) is 0 Å². The zero-order valence-electron chi connectivity index (χ0n) is 33.7. The van der Waals surface area contributed by atoms with Gasteiger partial charge in [0.25, 0.3) is 0 Å². The van der Waals surface area contributed by atoms with E-state index in [-0.39, 0.29) is 49.0 Å². The third-order valence-electron chi connectivity index (χ3n) is 10.6. The molecule has 7 aromatic rings. The molecule has 55 heavy (non-hydrogen) atoms. The largest absolute Gasteiger partial charge is 0.507 e. The first-order valence-corrected chi connectivity index (χ1v) is 19.1. The summed E-state index contributed by atoms with van der Waals surface area (Å²) >= 11 is 0. The van der Waals surface area contributed by atoms with E-state index in [1.165, 1.54) is 16.7 Å². The summed E-state index contributed by atoms with van der Waals surface area (Å²) < 4.78 is 2.19. The maximum absolute atomic E-state index is 12.1. The fraction of sp³-hybridized carbons (Fsp3) is 0.280. The second-order valence-corrected chi connectivity index (χ2v) is 17.8. The van der Waals surface area contributed by atoms with Gasteiger partial charge < -0.3 is 5.11 Å². The van der Waals surface area contributed by atoms with E-state index < -0.39 is 0 Å². The Morgan fingerprint density at radius 1 is 0.618 bits per heavy atom. The predicted molar refractivity (Wildman–Crippen MR) is 226 cm³/mol. The Morgan fingerprint density at radius 2 is 1.24 bits per heavy atom. The molecule has 0 bridgehead atoms. The fourth-order valence-corrected chi connectivity index (χ4v) is 7.23. The van der Waals surface area contributed by atoms with Gasteiger partial charge >= 0.3 is 0 Å². The molecule has 0 spiro atoms. The van der Waals surface area contributed by atoms with Gasteiger partial charge in [-0.3, -0.25) is 9.55 Å². The Balaban J connectivity index is 0.00000514. The van der Waals surface area contributed by atoms with Gasteiger partial charge in [-0.25, -0.2) is 4.98 Å². The van der Waals surface area contributed by atoms with Gasteiger partial charge in [0, 0.05) is 50.1 Å². The quantitative estimate of drug-likeness (QED) is 0.169. The molecule has 0 saturated carbocycles. The number of pyridine rings is 1. The Bertz CT molecular complexity index is 2460. The summed E-state index contributed by atoms with van der Waals surface area (Å²) in [5, 5.41) is 12.1. The fourth-order valence-electron chi connectivity index (χ4n) is 7.23. The first-order chi connectivity index (χ1) is 25.5. The van der Waals surface area contributed by atoms with Crippen molar-refractivity contribution in [2.75, 3.05) is 0 Å². The van der Waals surface area contributed by atoms with E-state index in [9.17, 15) is 5.11 Å². The molecular formula is C50H52N3OPt-. The number of aromatic hydroxyl groups is 1. The van der Waals surface area contributed by atoms with Crippen LogP contribution in [-0.2, 0) is 37.3 Å². The normalized spacial score (nSPS) is 12.8. The topological polar surface area (TPSA) is 50.9 Å². The van der Waals surface area contributed by atoms with Crippen molar-refractivity contribution < 1.29 is 26.2 Å². The maximum atomic E-state index is 12.1. The first kappa shape index (κ1) is 39.9. The Morgan fingerprint density at radius 3 is 1.87 bits per heavy atom.